The number of rotatable bonds is 4. The number of hydrogen-bond donors (Lipinski definition) is 2. The quantitative estimate of drug-likeness (QED) is 0.818. The van der Waals surface area contributed by atoms with Crippen molar-refractivity contribution in [1.82, 2.24) is 9.97 Å². The molecule has 0 amide bonds. The number of aromatic amines is 2. The van der Waals surface area contributed by atoms with Gasteiger partial charge in [-0.25, -0.2) is 4.79 Å². The fraction of sp³-hybridized carbons (Fsp3) is 0.167. The largest absolute Gasteiger partial charge is 0.497 e. The highest BCUT2D eigenvalue weighted by atomic mass is 32.2. The van der Waals surface area contributed by atoms with E-state index in [1.54, 1.807) is 7.11 Å². The van der Waals surface area contributed by atoms with Crippen molar-refractivity contribution >= 4 is 11.8 Å². The van der Waals surface area contributed by atoms with Gasteiger partial charge >= 0.3 is 5.69 Å². The Morgan fingerprint density at radius 3 is 2.56 bits per heavy atom. The first-order valence-electron chi connectivity index (χ1n) is 5.27. The predicted octanol–water partition coefficient (Wildman–Crippen LogP) is 1.36. The van der Waals surface area contributed by atoms with Gasteiger partial charge in [-0.2, -0.15) is 0 Å². The van der Waals surface area contributed by atoms with Gasteiger partial charge in [-0.15, -0.1) is 11.8 Å². The fourth-order valence-corrected chi connectivity index (χ4v) is 2.23. The van der Waals surface area contributed by atoms with Crippen LogP contribution in [-0.4, -0.2) is 17.1 Å². The Balaban J connectivity index is 2.06. The van der Waals surface area contributed by atoms with Gasteiger partial charge in [0.15, 0.2) is 0 Å². The number of benzene rings is 1. The molecule has 2 rings (SSSR count). The molecule has 1 aromatic carbocycles. The monoisotopic (exact) mass is 264 g/mol. The summed E-state index contributed by atoms with van der Waals surface area (Å²) >= 11 is 1.37. The van der Waals surface area contributed by atoms with E-state index in [9.17, 15) is 9.59 Å². The van der Waals surface area contributed by atoms with Gasteiger partial charge in [0.25, 0.3) is 5.56 Å². The van der Waals surface area contributed by atoms with Gasteiger partial charge in [0, 0.05) is 11.9 Å². The van der Waals surface area contributed by atoms with E-state index in [-0.39, 0.29) is 5.56 Å². The molecule has 0 aliphatic heterocycles. The number of aromatic nitrogens is 2. The van der Waals surface area contributed by atoms with Crippen molar-refractivity contribution in [2.75, 3.05) is 7.11 Å². The van der Waals surface area contributed by atoms with E-state index in [0.29, 0.717) is 10.6 Å². The molecule has 0 saturated heterocycles. The molecule has 18 heavy (non-hydrogen) atoms. The highest BCUT2D eigenvalue weighted by Gasteiger charge is 2.02. The van der Waals surface area contributed by atoms with Gasteiger partial charge in [0.2, 0.25) is 0 Å². The molecule has 0 aliphatic carbocycles. The number of methoxy groups -OCH3 is 1. The molecule has 0 spiro atoms. The van der Waals surface area contributed by atoms with Gasteiger partial charge in [-0.1, -0.05) is 12.1 Å². The van der Waals surface area contributed by atoms with Crippen molar-refractivity contribution in [3.05, 3.63) is 56.9 Å². The molecular weight excluding hydrogens is 252 g/mol. The maximum atomic E-state index is 11.4. The zero-order valence-corrected chi connectivity index (χ0v) is 10.5. The van der Waals surface area contributed by atoms with Crippen LogP contribution in [0.2, 0.25) is 0 Å². The average Bonchev–Trinajstić information content (AvgIpc) is 2.38. The summed E-state index contributed by atoms with van der Waals surface area (Å²) in [5.41, 5.74) is 0.220. The lowest BCUT2D eigenvalue weighted by molar-refractivity contribution is 0.414. The summed E-state index contributed by atoms with van der Waals surface area (Å²) in [6, 6.07) is 7.61. The summed E-state index contributed by atoms with van der Waals surface area (Å²) in [5.74, 6) is 1.45. The lowest BCUT2D eigenvalue weighted by Gasteiger charge is -2.03. The van der Waals surface area contributed by atoms with Gasteiger partial charge in [0.1, 0.15) is 5.75 Å². The molecule has 2 N–H and O–H groups in total. The first kappa shape index (κ1) is 12.5. The van der Waals surface area contributed by atoms with Crippen molar-refractivity contribution in [3.63, 3.8) is 0 Å². The topological polar surface area (TPSA) is 75.0 Å². The molecule has 0 unspecified atom stereocenters. The molecule has 2 aromatic rings. The minimum Gasteiger partial charge on any atom is -0.497 e. The molecular formula is C12H12N2O3S. The Morgan fingerprint density at radius 2 is 1.94 bits per heavy atom. The van der Waals surface area contributed by atoms with Gasteiger partial charge in [-0.3, -0.25) is 9.78 Å². The maximum Gasteiger partial charge on any atom is 0.325 e. The highest BCUT2D eigenvalue weighted by molar-refractivity contribution is 7.98. The Labute approximate surface area is 107 Å². The van der Waals surface area contributed by atoms with Crippen LogP contribution in [0.3, 0.4) is 0 Å². The van der Waals surface area contributed by atoms with Crippen LogP contribution in [0.4, 0.5) is 0 Å². The van der Waals surface area contributed by atoms with Crippen molar-refractivity contribution in [2.24, 2.45) is 0 Å². The molecule has 1 heterocycles. The molecule has 0 saturated carbocycles. The third-order valence-electron chi connectivity index (χ3n) is 2.34. The first-order valence-corrected chi connectivity index (χ1v) is 6.25. The van der Waals surface area contributed by atoms with Gasteiger partial charge in [-0.05, 0) is 17.7 Å². The summed E-state index contributed by atoms with van der Waals surface area (Å²) in [4.78, 5) is 27.4. The predicted molar refractivity (Wildman–Crippen MR) is 70.2 cm³/mol. The van der Waals surface area contributed by atoms with Crippen LogP contribution in [0.25, 0.3) is 0 Å². The first-order chi connectivity index (χ1) is 8.69. The van der Waals surface area contributed by atoms with E-state index >= 15 is 0 Å². The van der Waals surface area contributed by atoms with Crippen LogP contribution in [0.15, 0.2) is 44.9 Å². The van der Waals surface area contributed by atoms with E-state index in [4.69, 9.17) is 4.74 Å². The van der Waals surface area contributed by atoms with Crippen LogP contribution < -0.4 is 16.0 Å². The number of hydrogen-bond acceptors (Lipinski definition) is 4. The second-order valence-electron chi connectivity index (χ2n) is 3.57. The molecule has 6 heteroatoms. The SMILES string of the molecule is COc1ccc(CSc2c[nH]c(=O)[nH]c2=O)cc1. The summed E-state index contributed by atoms with van der Waals surface area (Å²) in [6.45, 7) is 0. The van der Waals surface area contributed by atoms with Crippen molar-refractivity contribution < 1.29 is 4.74 Å². The Morgan fingerprint density at radius 1 is 1.22 bits per heavy atom. The fourth-order valence-electron chi connectivity index (χ4n) is 1.39. The number of thioether (sulfide) groups is 1. The molecule has 0 aliphatic rings. The van der Waals surface area contributed by atoms with Crippen LogP contribution in [0.5, 0.6) is 5.75 Å². The summed E-state index contributed by atoms with van der Waals surface area (Å²) in [7, 11) is 1.61. The summed E-state index contributed by atoms with van der Waals surface area (Å²) in [6.07, 6.45) is 1.43. The lowest BCUT2D eigenvalue weighted by Crippen LogP contribution is -2.22. The van der Waals surface area contributed by atoms with Crippen LogP contribution in [0.1, 0.15) is 5.56 Å². The highest BCUT2D eigenvalue weighted by Crippen LogP contribution is 2.20. The third kappa shape index (κ3) is 3.04. The standard InChI is InChI=1S/C12H12N2O3S/c1-17-9-4-2-8(3-5-9)7-18-10-6-13-12(16)14-11(10)15/h2-6H,7H2,1H3,(H2,13,14,15,16). The minimum absolute atomic E-state index is 0.364. The average molecular weight is 264 g/mol. The molecule has 94 valence electrons. The van der Waals surface area contributed by atoms with E-state index in [1.165, 1.54) is 18.0 Å². The Hall–Kier alpha value is -1.95. The molecule has 0 atom stereocenters. The van der Waals surface area contributed by atoms with E-state index in [2.05, 4.69) is 9.97 Å². The summed E-state index contributed by atoms with van der Waals surface area (Å²) < 4.78 is 5.06. The van der Waals surface area contributed by atoms with Crippen molar-refractivity contribution in [1.29, 1.82) is 0 Å². The van der Waals surface area contributed by atoms with Crippen LogP contribution >= 0.6 is 11.8 Å². The molecule has 0 fully saturated rings. The van der Waals surface area contributed by atoms with Crippen LogP contribution in [0, 0.1) is 0 Å². The van der Waals surface area contributed by atoms with Crippen molar-refractivity contribution in [3.8, 4) is 5.75 Å². The normalized spacial score (nSPS) is 10.3. The van der Waals surface area contributed by atoms with E-state index in [0.717, 1.165) is 11.3 Å². The number of nitrogens with one attached hydrogen (secondary N) is 2. The molecule has 5 nitrogen and oxygen atoms in total. The molecule has 1 aromatic heterocycles. The Kier molecular flexibility index (Phi) is 3.88. The van der Waals surface area contributed by atoms with Crippen LogP contribution in [-0.2, 0) is 5.75 Å². The van der Waals surface area contributed by atoms with E-state index in [1.807, 2.05) is 24.3 Å². The van der Waals surface area contributed by atoms with Gasteiger partial charge < -0.3 is 9.72 Å². The van der Waals surface area contributed by atoms with E-state index < -0.39 is 5.69 Å². The molecule has 0 radical (unpaired) electrons. The second kappa shape index (κ2) is 5.59. The number of ether oxygens (including phenoxy) is 1. The smallest absolute Gasteiger partial charge is 0.325 e. The molecule has 0 bridgehead atoms. The maximum absolute atomic E-state index is 11.4. The summed E-state index contributed by atoms with van der Waals surface area (Å²) in [5, 5.41) is 0. The lowest BCUT2D eigenvalue weighted by atomic mass is 10.2. The zero-order chi connectivity index (χ0) is 13.0. The zero-order valence-electron chi connectivity index (χ0n) is 9.73. The number of H-pyrrole nitrogens is 2. The Bertz CT molecular complexity index is 631. The van der Waals surface area contributed by atoms with Crippen molar-refractivity contribution in [2.45, 2.75) is 10.6 Å². The minimum atomic E-state index is -0.492. The second-order valence-corrected chi connectivity index (χ2v) is 4.59. The third-order valence-corrected chi connectivity index (χ3v) is 3.43. The van der Waals surface area contributed by atoms with Gasteiger partial charge in [0.05, 0.1) is 12.0 Å².